The number of hydrazine groups is 1. The maximum Gasteiger partial charge on any atom is 0.318 e. The molecule has 0 heterocycles. The zero-order valence-electron chi connectivity index (χ0n) is 35.6. The van der Waals surface area contributed by atoms with Crippen LogP contribution < -0.4 is 15.3 Å². The lowest BCUT2D eigenvalue weighted by molar-refractivity contribution is -0.138. The number of rotatable bonds is 22. The second kappa shape index (κ2) is 23.9. The number of unbranched alkanes of at least 4 members (excludes halogenated alkanes) is 1. The van der Waals surface area contributed by atoms with Gasteiger partial charge in [-0.3, -0.25) is 9.59 Å². The molecule has 14 nitrogen and oxygen atoms in total. The van der Waals surface area contributed by atoms with Crippen LogP contribution in [0.15, 0.2) is 82.6 Å². The van der Waals surface area contributed by atoms with Crippen molar-refractivity contribution >= 4 is 64.9 Å². The highest BCUT2D eigenvalue weighted by Gasteiger charge is 2.30. The van der Waals surface area contributed by atoms with E-state index in [-0.39, 0.29) is 22.9 Å². The molecule has 0 radical (unpaired) electrons. The quantitative estimate of drug-likeness (QED) is 0.0744. The summed E-state index contributed by atoms with van der Waals surface area (Å²) >= 11 is 0. The predicted octanol–water partition coefficient (Wildman–Crippen LogP) is 6.42. The van der Waals surface area contributed by atoms with Crippen LogP contribution in [0.4, 0.5) is 11.4 Å². The topological polar surface area (TPSA) is 171 Å². The van der Waals surface area contributed by atoms with E-state index in [9.17, 15) is 36.6 Å². The van der Waals surface area contributed by atoms with Crippen molar-refractivity contribution in [3.05, 3.63) is 72.8 Å². The van der Waals surface area contributed by atoms with Crippen molar-refractivity contribution in [2.45, 2.75) is 70.1 Å². The summed E-state index contributed by atoms with van der Waals surface area (Å²) in [6.07, 6.45) is 2.35. The van der Waals surface area contributed by atoms with Crippen molar-refractivity contribution in [1.82, 2.24) is 18.9 Å². The molecule has 322 valence electrons. The van der Waals surface area contributed by atoms with Crippen LogP contribution in [0.1, 0.15) is 60.3 Å². The molecule has 0 bridgehead atoms. The summed E-state index contributed by atoms with van der Waals surface area (Å²) < 4.78 is 58.2. The van der Waals surface area contributed by atoms with Crippen LogP contribution in [-0.4, -0.2) is 127 Å². The number of carboxylic acids is 2. The van der Waals surface area contributed by atoms with Crippen LogP contribution in [0.2, 0.25) is 0 Å². The van der Waals surface area contributed by atoms with E-state index in [1.807, 2.05) is 84.9 Å². The molecular formula is C42H64N6O8S2. The van der Waals surface area contributed by atoms with Gasteiger partial charge in [-0.25, -0.2) is 22.3 Å². The first kappa shape index (κ1) is 49.8. The first-order valence-corrected chi connectivity index (χ1v) is 22.8. The Labute approximate surface area is 346 Å². The molecule has 16 heteroatoms. The van der Waals surface area contributed by atoms with Gasteiger partial charge in [0.2, 0.25) is 20.0 Å². The Balaban J connectivity index is 0.00000281. The fraction of sp³-hybridized carbons (Fsp3) is 0.476. The minimum Gasteiger partial charge on any atom is -0.480 e. The zero-order valence-corrected chi connectivity index (χ0v) is 37.2. The number of nitrogens with zero attached hydrogens (tertiary/aromatic N) is 5. The number of hydrogen-bond acceptors (Lipinski definition) is 10. The highest BCUT2D eigenvalue weighted by Crippen LogP contribution is 2.33. The van der Waals surface area contributed by atoms with E-state index in [0.29, 0.717) is 48.6 Å². The number of aliphatic carboxylic acids is 2. The Morgan fingerprint density at radius 1 is 0.569 bits per heavy atom. The number of carboxylic acid groups (broad SMARTS) is 2. The molecule has 0 aliphatic heterocycles. The van der Waals surface area contributed by atoms with Crippen molar-refractivity contribution in [3.63, 3.8) is 0 Å². The van der Waals surface area contributed by atoms with E-state index in [0.717, 1.165) is 38.2 Å². The van der Waals surface area contributed by atoms with Crippen LogP contribution in [0.25, 0.3) is 21.5 Å². The predicted molar refractivity (Wildman–Crippen MR) is 236 cm³/mol. The molecule has 0 amide bonds. The normalized spacial score (nSPS) is 11.7. The number of sulfonamides is 2. The van der Waals surface area contributed by atoms with Crippen LogP contribution >= 0.6 is 0 Å². The first-order chi connectivity index (χ1) is 27.6. The first-order valence-electron chi connectivity index (χ1n) is 19.9. The molecule has 0 atom stereocenters. The van der Waals surface area contributed by atoms with Crippen molar-refractivity contribution in [2.75, 3.05) is 83.9 Å². The Morgan fingerprint density at radius 3 is 1.34 bits per heavy atom. The monoisotopic (exact) mass is 844 g/mol. The van der Waals surface area contributed by atoms with Crippen LogP contribution in [0.5, 0.6) is 0 Å². The molecule has 4 aromatic rings. The van der Waals surface area contributed by atoms with Gasteiger partial charge >= 0.3 is 11.9 Å². The molecule has 0 fully saturated rings. The summed E-state index contributed by atoms with van der Waals surface area (Å²) in [6, 6.07) is 20.6. The molecule has 0 aliphatic rings. The number of anilines is 2. The van der Waals surface area contributed by atoms with E-state index in [4.69, 9.17) is 0 Å². The third-order valence-corrected chi connectivity index (χ3v) is 13.2. The molecule has 0 saturated carbocycles. The average Bonchev–Trinajstić information content (AvgIpc) is 3.21. The number of fused-ring (bicyclic) bond motifs is 2. The Bertz CT molecular complexity index is 2150. The maximum absolute atomic E-state index is 14.1. The molecule has 4 aromatic carbocycles. The van der Waals surface area contributed by atoms with Gasteiger partial charge in [-0.05, 0) is 63.2 Å². The number of carbonyl (C=O) groups is 2. The van der Waals surface area contributed by atoms with Gasteiger partial charge in [0.25, 0.3) is 0 Å². The summed E-state index contributed by atoms with van der Waals surface area (Å²) in [5, 5.41) is 23.6. The molecule has 0 spiro atoms. The van der Waals surface area contributed by atoms with E-state index in [1.54, 1.807) is 48.5 Å². The zero-order chi connectivity index (χ0) is 43.6. The lowest BCUT2D eigenvalue weighted by Gasteiger charge is -2.27. The molecule has 0 aromatic heterocycles. The van der Waals surface area contributed by atoms with E-state index < -0.39 is 45.1 Å². The minimum atomic E-state index is -4.23. The largest absolute Gasteiger partial charge is 0.480 e. The van der Waals surface area contributed by atoms with Gasteiger partial charge in [0.1, 0.15) is 13.1 Å². The lowest BCUT2D eigenvalue weighted by Crippen LogP contribution is -2.39. The highest BCUT2D eigenvalue weighted by atomic mass is 32.2. The van der Waals surface area contributed by atoms with Gasteiger partial charge in [0.15, 0.2) is 0 Å². The third-order valence-electron chi connectivity index (χ3n) is 9.35. The maximum atomic E-state index is 14.1. The lowest BCUT2D eigenvalue weighted by atomic mass is 10.1. The summed E-state index contributed by atoms with van der Waals surface area (Å²) in [5.41, 5.74) is 4.61. The highest BCUT2D eigenvalue weighted by molar-refractivity contribution is 7.89. The van der Waals surface area contributed by atoms with E-state index >= 15 is 0 Å². The smallest absolute Gasteiger partial charge is 0.318 e. The van der Waals surface area contributed by atoms with Gasteiger partial charge in [0.05, 0.1) is 15.5 Å². The second-order valence-corrected chi connectivity index (χ2v) is 17.1. The van der Waals surface area contributed by atoms with Crippen LogP contribution in [-0.2, 0) is 29.6 Å². The SMILES string of the molecule is CC.CC.CCCCN(CCCN(CC(=O)O)S(=O)(=O)c1cccc2c(N(C)C)cccc12)CCCN(CC(=O)O)S(=O)(=O)c1cccc2c(N(C)NC)cccc12. The van der Waals surface area contributed by atoms with Crippen LogP contribution in [0, 0.1) is 0 Å². The molecule has 0 saturated heterocycles. The summed E-state index contributed by atoms with van der Waals surface area (Å²) in [7, 11) is -1.15. The van der Waals surface area contributed by atoms with E-state index in [2.05, 4.69) is 10.3 Å². The Hall–Kier alpha value is -4.32. The number of benzene rings is 4. The minimum absolute atomic E-state index is 0.0132. The van der Waals surface area contributed by atoms with Crippen molar-refractivity contribution in [2.24, 2.45) is 0 Å². The second-order valence-electron chi connectivity index (χ2n) is 13.3. The van der Waals surface area contributed by atoms with Gasteiger partial charge in [0, 0.05) is 68.5 Å². The molecule has 0 unspecified atom stereocenters. The number of nitrogens with one attached hydrogen (secondary N) is 1. The molecule has 0 aliphatic carbocycles. The van der Waals surface area contributed by atoms with Crippen LogP contribution in [0.3, 0.4) is 0 Å². The average molecular weight is 845 g/mol. The van der Waals surface area contributed by atoms with E-state index in [1.165, 1.54) is 12.1 Å². The van der Waals surface area contributed by atoms with Crippen molar-refractivity contribution < 1.29 is 36.6 Å². The Morgan fingerprint density at radius 2 is 0.948 bits per heavy atom. The van der Waals surface area contributed by atoms with Gasteiger partial charge in [-0.2, -0.15) is 8.61 Å². The number of hydrogen-bond donors (Lipinski definition) is 3. The van der Waals surface area contributed by atoms with Gasteiger partial charge in [-0.1, -0.05) is 89.6 Å². The summed E-state index contributed by atoms with van der Waals surface area (Å²) in [5.74, 6) is -2.55. The van der Waals surface area contributed by atoms with Crippen molar-refractivity contribution in [3.8, 4) is 0 Å². The molecule has 4 rings (SSSR count). The molecular weight excluding hydrogens is 781 g/mol. The Kier molecular flexibility index (Phi) is 20.6. The fourth-order valence-corrected chi connectivity index (χ4v) is 9.86. The summed E-state index contributed by atoms with van der Waals surface area (Å²) in [4.78, 5) is 27.8. The third kappa shape index (κ3) is 12.8. The molecule has 3 N–H and O–H groups in total. The standard InChI is InChI=1S/C38H52N6O8S2.2C2H6/c1-6-7-22-42(23-12-25-43(27-37(45)46)53(49,50)35-20-10-14-29-31(35)16-8-18-33(29)40(3)4)24-13-26-44(28-38(47)48)54(51,52)36-21-11-15-30-32(36)17-9-19-34(30)41(5)39-2;2*1-2/h8-11,14-21,39H,6-7,12-13,22-28H2,1-5H3,(H,45,46)(H,47,48);2*1-2H3. The molecule has 58 heavy (non-hydrogen) atoms. The van der Waals surface area contributed by atoms with Gasteiger partial charge < -0.3 is 25.0 Å². The van der Waals surface area contributed by atoms with Gasteiger partial charge in [-0.15, -0.1) is 0 Å². The summed E-state index contributed by atoms with van der Waals surface area (Å²) in [6.45, 7) is 10.0. The fourth-order valence-electron chi connectivity index (χ4n) is 6.59. The van der Waals surface area contributed by atoms with Crippen molar-refractivity contribution in [1.29, 1.82) is 0 Å².